The van der Waals surface area contributed by atoms with Gasteiger partial charge in [-0.2, -0.15) is 0 Å². The quantitative estimate of drug-likeness (QED) is 0.867. The molecule has 98 valence electrons. The number of hydrogen-bond acceptors (Lipinski definition) is 4. The second-order valence-corrected chi connectivity index (χ2v) is 6.77. The molecule has 1 fully saturated rings. The number of sulfone groups is 1. The van der Waals surface area contributed by atoms with Crippen LogP contribution in [-0.2, 0) is 21.2 Å². The number of carbonyl (C=O) groups is 1. The van der Waals surface area contributed by atoms with Gasteiger partial charge >= 0.3 is 0 Å². The summed E-state index contributed by atoms with van der Waals surface area (Å²) in [5.74, 6) is -0.0172. The Bertz CT molecular complexity index is 499. The van der Waals surface area contributed by atoms with Gasteiger partial charge in [0.2, 0.25) is 5.91 Å². The molecule has 1 aliphatic heterocycles. The van der Waals surface area contributed by atoms with Crippen LogP contribution in [0.2, 0.25) is 0 Å². The highest BCUT2D eigenvalue weighted by Gasteiger charge is 2.28. The predicted octanol–water partition coefficient (Wildman–Crippen LogP) is 0.523. The van der Waals surface area contributed by atoms with Crippen LogP contribution >= 0.6 is 0 Å². The molecular formula is C12H16N2O3S. The lowest BCUT2D eigenvalue weighted by atomic mass is 10.0. The van der Waals surface area contributed by atoms with Crippen molar-refractivity contribution >= 4 is 15.7 Å². The second kappa shape index (κ2) is 5.48. The Morgan fingerprint density at radius 3 is 2.67 bits per heavy atom. The molecular weight excluding hydrogens is 252 g/mol. The lowest BCUT2D eigenvalue weighted by Gasteiger charge is -2.20. The highest BCUT2D eigenvalue weighted by atomic mass is 32.2. The van der Waals surface area contributed by atoms with E-state index in [9.17, 15) is 13.2 Å². The molecule has 1 amide bonds. The van der Waals surface area contributed by atoms with E-state index in [1.807, 2.05) is 18.2 Å². The minimum absolute atomic E-state index is 0.0736. The highest BCUT2D eigenvalue weighted by molar-refractivity contribution is 7.91. The van der Waals surface area contributed by atoms with Gasteiger partial charge in [-0.05, 0) is 25.0 Å². The largest absolute Gasteiger partial charge is 0.350 e. The van der Waals surface area contributed by atoms with Crippen molar-refractivity contribution in [3.8, 4) is 0 Å². The molecule has 1 aliphatic rings. The van der Waals surface area contributed by atoms with E-state index in [2.05, 4.69) is 10.3 Å². The van der Waals surface area contributed by atoms with E-state index in [1.54, 1.807) is 6.20 Å². The normalized spacial score (nSPS) is 19.3. The van der Waals surface area contributed by atoms with Crippen molar-refractivity contribution in [1.82, 2.24) is 10.3 Å². The molecule has 5 nitrogen and oxygen atoms in total. The first-order valence-electron chi connectivity index (χ1n) is 5.95. The Balaban J connectivity index is 1.83. The van der Waals surface area contributed by atoms with Crippen molar-refractivity contribution in [3.63, 3.8) is 0 Å². The molecule has 0 spiro atoms. The fourth-order valence-corrected chi connectivity index (χ4v) is 3.47. The zero-order valence-corrected chi connectivity index (χ0v) is 10.8. The molecule has 0 aromatic carbocycles. The van der Waals surface area contributed by atoms with Gasteiger partial charge in [0.15, 0.2) is 0 Å². The molecule has 0 atom stereocenters. The van der Waals surface area contributed by atoms with Crippen LogP contribution in [0.25, 0.3) is 0 Å². The zero-order chi connectivity index (χ0) is 13.0. The van der Waals surface area contributed by atoms with Crippen LogP contribution < -0.4 is 5.32 Å². The van der Waals surface area contributed by atoms with E-state index in [0.29, 0.717) is 19.4 Å². The zero-order valence-electron chi connectivity index (χ0n) is 10.0. The van der Waals surface area contributed by atoms with Gasteiger partial charge in [0.1, 0.15) is 9.84 Å². The van der Waals surface area contributed by atoms with Gasteiger partial charge < -0.3 is 5.32 Å². The maximum atomic E-state index is 11.8. The summed E-state index contributed by atoms with van der Waals surface area (Å²) in [7, 11) is -2.91. The van der Waals surface area contributed by atoms with E-state index >= 15 is 0 Å². The van der Waals surface area contributed by atoms with Gasteiger partial charge in [-0.15, -0.1) is 0 Å². The van der Waals surface area contributed by atoms with Crippen LogP contribution in [0.4, 0.5) is 0 Å². The molecule has 18 heavy (non-hydrogen) atoms. The monoisotopic (exact) mass is 268 g/mol. The third-order valence-corrected chi connectivity index (χ3v) is 4.81. The molecule has 1 aromatic heterocycles. The lowest BCUT2D eigenvalue weighted by molar-refractivity contribution is -0.125. The molecule has 0 saturated carbocycles. The Hall–Kier alpha value is -1.43. The van der Waals surface area contributed by atoms with E-state index in [-0.39, 0.29) is 23.3 Å². The van der Waals surface area contributed by atoms with Crippen LogP contribution in [0.1, 0.15) is 18.5 Å². The van der Waals surface area contributed by atoms with Gasteiger partial charge in [-0.1, -0.05) is 6.07 Å². The number of nitrogens with zero attached hydrogens (tertiary/aromatic N) is 1. The lowest BCUT2D eigenvalue weighted by Crippen LogP contribution is -2.36. The van der Waals surface area contributed by atoms with Crippen molar-refractivity contribution in [2.45, 2.75) is 19.4 Å². The van der Waals surface area contributed by atoms with Crippen molar-refractivity contribution in [2.75, 3.05) is 11.5 Å². The first-order valence-corrected chi connectivity index (χ1v) is 7.77. The van der Waals surface area contributed by atoms with Gasteiger partial charge in [-0.25, -0.2) is 8.42 Å². The maximum Gasteiger partial charge on any atom is 0.223 e. The van der Waals surface area contributed by atoms with Crippen LogP contribution in [0.5, 0.6) is 0 Å². The minimum atomic E-state index is -2.91. The average Bonchev–Trinajstić information content (AvgIpc) is 2.37. The number of carbonyl (C=O) groups excluding carboxylic acids is 1. The van der Waals surface area contributed by atoms with Crippen LogP contribution in [0.15, 0.2) is 24.4 Å². The molecule has 0 unspecified atom stereocenters. The number of rotatable bonds is 3. The topological polar surface area (TPSA) is 76.1 Å². The molecule has 1 aromatic rings. The minimum Gasteiger partial charge on any atom is -0.350 e. The maximum absolute atomic E-state index is 11.8. The average molecular weight is 268 g/mol. The van der Waals surface area contributed by atoms with Gasteiger partial charge in [-0.3, -0.25) is 9.78 Å². The molecule has 0 bridgehead atoms. The standard InChI is InChI=1S/C12H16N2O3S/c15-12(10-4-7-18(16,17)8-5-10)14-9-11-3-1-2-6-13-11/h1-3,6,10H,4-5,7-9H2,(H,14,15). The number of hydrogen-bond donors (Lipinski definition) is 1. The molecule has 0 radical (unpaired) electrons. The fraction of sp³-hybridized carbons (Fsp3) is 0.500. The summed E-state index contributed by atoms with van der Waals surface area (Å²) in [5.41, 5.74) is 0.800. The summed E-state index contributed by atoms with van der Waals surface area (Å²) < 4.78 is 22.5. The van der Waals surface area contributed by atoms with Crippen molar-refractivity contribution in [2.24, 2.45) is 5.92 Å². The van der Waals surface area contributed by atoms with Crippen molar-refractivity contribution < 1.29 is 13.2 Å². The second-order valence-electron chi connectivity index (χ2n) is 4.46. The first kappa shape index (κ1) is 13.0. The Morgan fingerprint density at radius 2 is 2.06 bits per heavy atom. The predicted molar refractivity (Wildman–Crippen MR) is 67.5 cm³/mol. The summed E-state index contributed by atoms with van der Waals surface area (Å²) in [6.45, 7) is 0.392. The SMILES string of the molecule is O=C(NCc1ccccn1)C1CCS(=O)(=O)CC1. The summed E-state index contributed by atoms with van der Waals surface area (Å²) in [5, 5.41) is 2.80. The Labute approximate surface area is 107 Å². The third-order valence-electron chi connectivity index (χ3n) is 3.10. The molecule has 2 heterocycles. The highest BCUT2D eigenvalue weighted by Crippen LogP contribution is 2.18. The summed E-state index contributed by atoms with van der Waals surface area (Å²) in [4.78, 5) is 16.0. The summed E-state index contributed by atoms with van der Waals surface area (Å²) >= 11 is 0. The van der Waals surface area contributed by atoms with E-state index in [4.69, 9.17) is 0 Å². The molecule has 1 N–H and O–H groups in total. The number of aromatic nitrogens is 1. The van der Waals surface area contributed by atoms with Crippen molar-refractivity contribution in [3.05, 3.63) is 30.1 Å². The molecule has 1 saturated heterocycles. The molecule has 0 aliphatic carbocycles. The Morgan fingerprint density at radius 1 is 1.33 bits per heavy atom. The van der Waals surface area contributed by atoms with Gasteiger partial charge in [0, 0.05) is 12.1 Å². The van der Waals surface area contributed by atoms with E-state index in [0.717, 1.165) is 5.69 Å². The molecule has 6 heteroatoms. The third kappa shape index (κ3) is 3.53. The number of nitrogens with one attached hydrogen (secondary N) is 1. The number of pyridine rings is 1. The van der Waals surface area contributed by atoms with Crippen molar-refractivity contribution in [1.29, 1.82) is 0 Å². The van der Waals surface area contributed by atoms with Gasteiger partial charge in [0.05, 0.1) is 23.7 Å². The number of amides is 1. The fourth-order valence-electron chi connectivity index (χ4n) is 1.98. The molecule has 2 rings (SSSR count). The smallest absolute Gasteiger partial charge is 0.223 e. The van der Waals surface area contributed by atoms with E-state index in [1.165, 1.54) is 0 Å². The van der Waals surface area contributed by atoms with Crippen LogP contribution in [-0.4, -0.2) is 30.8 Å². The Kier molecular flexibility index (Phi) is 3.96. The van der Waals surface area contributed by atoms with Crippen LogP contribution in [0, 0.1) is 5.92 Å². The van der Waals surface area contributed by atoms with E-state index < -0.39 is 9.84 Å². The van der Waals surface area contributed by atoms with Crippen LogP contribution in [0.3, 0.4) is 0 Å². The summed E-state index contributed by atoms with van der Waals surface area (Å²) in [6, 6.07) is 5.52. The van der Waals surface area contributed by atoms with Gasteiger partial charge in [0.25, 0.3) is 0 Å². The first-order chi connectivity index (χ1) is 8.57. The summed E-state index contributed by atoms with van der Waals surface area (Å²) in [6.07, 6.45) is 2.53.